The molecule has 0 spiro atoms. The van der Waals surface area contributed by atoms with Crippen molar-refractivity contribution in [1.82, 2.24) is 9.78 Å². The Bertz CT molecular complexity index is 518. The average molecular weight is 269 g/mol. The van der Waals surface area contributed by atoms with Gasteiger partial charge < -0.3 is 0 Å². The van der Waals surface area contributed by atoms with E-state index in [-0.39, 0.29) is 0 Å². The van der Waals surface area contributed by atoms with Gasteiger partial charge in [0.25, 0.3) is 0 Å². The molecule has 0 aliphatic carbocycles. The Hall–Kier alpha value is -0.990. The van der Waals surface area contributed by atoms with Crippen LogP contribution in [0.1, 0.15) is 31.0 Å². The molecule has 0 saturated heterocycles. The van der Waals surface area contributed by atoms with Gasteiger partial charge in [-0.25, -0.2) is 4.68 Å². The van der Waals surface area contributed by atoms with E-state index in [4.69, 9.17) is 23.2 Å². The van der Waals surface area contributed by atoms with Gasteiger partial charge in [0.05, 0.1) is 12.2 Å². The van der Waals surface area contributed by atoms with Crippen LogP contribution < -0.4 is 0 Å². The molecule has 0 atom stereocenters. The van der Waals surface area contributed by atoms with Crippen molar-refractivity contribution in [2.24, 2.45) is 0 Å². The van der Waals surface area contributed by atoms with Crippen LogP contribution >= 0.6 is 23.2 Å². The van der Waals surface area contributed by atoms with E-state index in [2.05, 4.69) is 18.9 Å². The van der Waals surface area contributed by atoms with Gasteiger partial charge in [0.2, 0.25) is 0 Å². The van der Waals surface area contributed by atoms with Crippen LogP contribution in [0.5, 0.6) is 0 Å². The standard InChI is InChI=1S/C13H14Cl2N2/c1-9(2)12-7-13(15)17(16-12)8-10-5-3-4-6-11(10)14/h3-7,9H,8H2,1-2H3. The summed E-state index contributed by atoms with van der Waals surface area (Å²) in [5.74, 6) is 0.375. The first-order chi connectivity index (χ1) is 8.08. The molecule has 2 aromatic rings. The lowest BCUT2D eigenvalue weighted by molar-refractivity contribution is 0.658. The molecule has 0 unspecified atom stereocenters. The maximum Gasteiger partial charge on any atom is 0.127 e. The molecule has 0 radical (unpaired) electrons. The van der Waals surface area contributed by atoms with Crippen molar-refractivity contribution in [3.63, 3.8) is 0 Å². The van der Waals surface area contributed by atoms with Crippen molar-refractivity contribution >= 4 is 23.2 Å². The lowest BCUT2D eigenvalue weighted by atomic mass is 10.1. The third-order valence-electron chi connectivity index (χ3n) is 2.62. The van der Waals surface area contributed by atoms with Crippen molar-refractivity contribution < 1.29 is 0 Å². The first kappa shape index (κ1) is 12.5. The molecule has 4 heteroatoms. The van der Waals surface area contributed by atoms with E-state index in [9.17, 15) is 0 Å². The number of halogens is 2. The molecule has 17 heavy (non-hydrogen) atoms. The molecule has 0 amide bonds. The number of rotatable bonds is 3. The van der Waals surface area contributed by atoms with Gasteiger partial charge in [-0.05, 0) is 23.6 Å². The molecule has 1 aromatic heterocycles. The highest BCUT2D eigenvalue weighted by Gasteiger charge is 2.10. The monoisotopic (exact) mass is 268 g/mol. The summed E-state index contributed by atoms with van der Waals surface area (Å²) in [5, 5.41) is 5.86. The summed E-state index contributed by atoms with van der Waals surface area (Å²) in [6, 6.07) is 9.63. The highest BCUT2D eigenvalue weighted by molar-refractivity contribution is 6.31. The molecule has 0 aliphatic rings. The summed E-state index contributed by atoms with van der Waals surface area (Å²) in [5.41, 5.74) is 2.02. The zero-order chi connectivity index (χ0) is 12.4. The van der Waals surface area contributed by atoms with Crippen LogP contribution in [0.4, 0.5) is 0 Å². The van der Waals surface area contributed by atoms with Gasteiger partial charge in [-0.1, -0.05) is 55.2 Å². The smallest absolute Gasteiger partial charge is 0.127 e. The third kappa shape index (κ3) is 2.82. The Labute approximate surface area is 111 Å². The van der Waals surface area contributed by atoms with Gasteiger partial charge in [-0.15, -0.1) is 0 Å². The predicted molar refractivity (Wildman–Crippen MR) is 71.9 cm³/mol. The van der Waals surface area contributed by atoms with E-state index >= 15 is 0 Å². The summed E-state index contributed by atoms with van der Waals surface area (Å²) in [6.45, 7) is 4.79. The minimum atomic E-state index is 0.375. The van der Waals surface area contributed by atoms with Crippen LogP contribution in [0, 0.1) is 0 Å². The van der Waals surface area contributed by atoms with Gasteiger partial charge in [0.1, 0.15) is 5.15 Å². The molecule has 90 valence electrons. The Morgan fingerprint density at radius 1 is 1.24 bits per heavy atom. The second kappa shape index (κ2) is 5.11. The van der Waals surface area contributed by atoms with Crippen molar-refractivity contribution in [3.05, 3.63) is 51.8 Å². The van der Waals surface area contributed by atoms with Crippen LogP contribution in [-0.2, 0) is 6.54 Å². The van der Waals surface area contributed by atoms with Gasteiger partial charge in [0, 0.05) is 5.02 Å². The van der Waals surface area contributed by atoms with Crippen molar-refractivity contribution in [2.45, 2.75) is 26.3 Å². The van der Waals surface area contributed by atoms with Crippen molar-refractivity contribution in [2.75, 3.05) is 0 Å². The molecule has 0 N–H and O–H groups in total. The van der Waals surface area contributed by atoms with Gasteiger partial charge >= 0.3 is 0 Å². The van der Waals surface area contributed by atoms with Crippen LogP contribution in [0.15, 0.2) is 30.3 Å². The number of hydrogen-bond acceptors (Lipinski definition) is 1. The van der Waals surface area contributed by atoms with E-state index in [1.54, 1.807) is 4.68 Å². The maximum atomic E-state index is 6.15. The van der Waals surface area contributed by atoms with Gasteiger partial charge in [0.15, 0.2) is 0 Å². The molecular weight excluding hydrogens is 255 g/mol. The maximum absolute atomic E-state index is 6.15. The van der Waals surface area contributed by atoms with E-state index in [0.717, 1.165) is 16.3 Å². The van der Waals surface area contributed by atoms with Gasteiger partial charge in [-0.2, -0.15) is 5.10 Å². The minimum absolute atomic E-state index is 0.375. The highest BCUT2D eigenvalue weighted by atomic mass is 35.5. The van der Waals surface area contributed by atoms with Crippen LogP contribution in [0.2, 0.25) is 10.2 Å². The van der Waals surface area contributed by atoms with E-state index < -0.39 is 0 Å². The van der Waals surface area contributed by atoms with E-state index in [1.165, 1.54) is 0 Å². The number of nitrogens with zero attached hydrogens (tertiary/aromatic N) is 2. The zero-order valence-corrected chi connectivity index (χ0v) is 11.3. The first-order valence-corrected chi connectivity index (χ1v) is 6.30. The third-order valence-corrected chi connectivity index (χ3v) is 3.29. The number of benzene rings is 1. The molecule has 0 aliphatic heterocycles. The molecular formula is C13H14Cl2N2. The molecule has 2 nitrogen and oxygen atoms in total. The van der Waals surface area contributed by atoms with Crippen LogP contribution in [0.25, 0.3) is 0 Å². The lowest BCUT2D eigenvalue weighted by Gasteiger charge is -2.05. The summed E-state index contributed by atoms with van der Waals surface area (Å²) >= 11 is 12.3. The number of hydrogen-bond donors (Lipinski definition) is 0. The lowest BCUT2D eigenvalue weighted by Crippen LogP contribution is -2.03. The Kier molecular flexibility index (Phi) is 3.75. The second-order valence-corrected chi connectivity index (χ2v) is 5.09. The molecule has 1 aromatic carbocycles. The normalized spacial score (nSPS) is 11.1. The average Bonchev–Trinajstić information content (AvgIpc) is 2.64. The summed E-state index contributed by atoms with van der Waals surface area (Å²) in [7, 11) is 0. The predicted octanol–water partition coefficient (Wildman–Crippen LogP) is 4.36. The quantitative estimate of drug-likeness (QED) is 0.809. The fourth-order valence-corrected chi connectivity index (χ4v) is 2.00. The Morgan fingerprint density at radius 3 is 2.53 bits per heavy atom. The molecule has 1 heterocycles. The van der Waals surface area contributed by atoms with Crippen LogP contribution in [0.3, 0.4) is 0 Å². The fourth-order valence-electron chi connectivity index (χ4n) is 1.59. The van der Waals surface area contributed by atoms with Crippen molar-refractivity contribution in [3.8, 4) is 0 Å². The second-order valence-electron chi connectivity index (χ2n) is 4.30. The van der Waals surface area contributed by atoms with Gasteiger partial charge in [-0.3, -0.25) is 0 Å². The topological polar surface area (TPSA) is 17.8 Å². The summed E-state index contributed by atoms with van der Waals surface area (Å²) < 4.78 is 1.78. The SMILES string of the molecule is CC(C)c1cc(Cl)n(Cc2ccccc2Cl)n1. The first-order valence-electron chi connectivity index (χ1n) is 5.54. The minimum Gasteiger partial charge on any atom is -0.249 e. The molecule has 0 bridgehead atoms. The molecule has 2 rings (SSSR count). The van der Waals surface area contributed by atoms with E-state index in [1.807, 2.05) is 30.3 Å². The Balaban J connectivity index is 2.27. The summed E-state index contributed by atoms with van der Waals surface area (Å²) in [4.78, 5) is 0. The Morgan fingerprint density at radius 2 is 1.94 bits per heavy atom. The van der Waals surface area contributed by atoms with Crippen LogP contribution in [-0.4, -0.2) is 9.78 Å². The zero-order valence-electron chi connectivity index (χ0n) is 9.82. The largest absolute Gasteiger partial charge is 0.249 e. The van der Waals surface area contributed by atoms with Crippen molar-refractivity contribution in [1.29, 1.82) is 0 Å². The highest BCUT2D eigenvalue weighted by Crippen LogP contribution is 2.21. The van der Waals surface area contributed by atoms with E-state index in [0.29, 0.717) is 17.6 Å². The fraction of sp³-hybridized carbons (Fsp3) is 0.308. The molecule has 0 fully saturated rings. The number of aromatic nitrogens is 2. The summed E-state index contributed by atoms with van der Waals surface area (Å²) in [6.07, 6.45) is 0. The molecule has 0 saturated carbocycles.